The van der Waals surface area contributed by atoms with Crippen LogP contribution in [0.2, 0.25) is 0 Å². The van der Waals surface area contributed by atoms with Gasteiger partial charge in [-0.25, -0.2) is 4.39 Å². The summed E-state index contributed by atoms with van der Waals surface area (Å²) in [6, 6.07) is 0. The lowest BCUT2D eigenvalue weighted by molar-refractivity contribution is -0.487. The molecular formula is C13H13F11O2. The van der Waals surface area contributed by atoms with Crippen LogP contribution < -0.4 is 0 Å². The van der Waals surface area contributed by atoms with Crippen LogP contribution in [-0.2, 0) is 9.53 Å². The lowest BCUT2D eigenvalue weighted by Crippen LogP contribution is -2.84. The molecule has 0 saturated heterocycles. The third kappa shape index (κ3) is 2.33. The molecule has 0 atom stereocenters. The number of esters is 1. The van der Waals surface area contributed by atoms with Crippen molar-refractivity contribution < 1.29 is 57.8 Å². The molecule has 0 aromatic heterocycles. The van der Waals surface area contributed by atoms with Gasteiger partial charge in [0.15, 0.2) is 0 Å². The molecule has 0 spiro atoms. The molecule has 1 fully saturated rings. The molecule has 154 valence electrons. The Morgan fingerprint density at radius 2 is 1.04 bits per heavy atom. The number of carbonyl (C=O) groups is 1. The zero-order valence-corrected chi connectivity index (χ0v) is 13.4. The molecule has 0 radical (unpaired) electrons. The summed E-state index contributed by atoms with van der Waals surface area (Å²) in [5.74, 6) is -37.3. The average molecular weight is 410 g/mol. The van der Waals surface area contributed by atoms with Crippen LogP contribution in [0.25, 0.3) is 0 Å². The van der Waals surface area contributed by atoms with Crippen LogP contribution in [-0.4, -0.2) is 47.9 Å². The van der Waals surface area contributed by atoms with Gasteiger partial charge < -0.3 is 4.74 Å². The Morgan fingerprint density at radius 1 is 0.731 bits per heavy atom. The van der Waals surface area contributed by atoms with Gasteiger partial charge in [0, 0.05) is 0 Å². The van der Waals surface area contributed by atoms with Crippen molar-refractivity contribution >= 4 is 5.97 Å². The fraction of sp³-hybridized carbons (Fsp3) is 0.923. The van der Waals surface area contributed by atoms with Crippen molar-refractivity contribution in [3.63, 3.8) is 0 Å². The Labute approximate surface area is 139 Å². The first-order chi connectivity index (χ1) is 11.2. The highest BCUT2D eigenvalue weighted by molar-refractivity contribution is 5.75. The number of alkyl halides is 11. The van der Waals surface area contributed by atoms with Crippen molar-refractivity contribution in [1.29, 1.82) is 0 Å². The van der Waals surface area contributed by atoms with Gasteiger partial charge in [-0.05, 0) is 20.3 Å². The summed E-state index contributed by atoms with van der Waals surface area (Å²) in [6.45, 7) is 0.458. The molecule has 0 amide bonds. The molecule has 1 aliphatic rings. The summed E-state index contributed by atoms with van der Waals surface area (Å²) in [5.41, 5.74) is -7.90. The van der Waals surface area contributed by atoms with Crippen LogP contribution in [0.15, 0.2) is 0 Å². The SMILES string of the molecule is CCC(C)(C)C(=O)OCC1(F)C(F)(F)C(F)(F)C(F)(F)C(F)(F)C1(F)F. The molecule has 1 rings (SSSR count). The standard InChI is InChI=1S/C13H13F11O2/c1-4-7(2,3)6(25)26-5-8(14)9(15,16)11(19,20)13(23,24)12(21,22)10(8,17)18/h4-5H2,1-3H3. The van der Waals surface area contributed by atoms with E-state index in [-0.39, 0.29) is 6.42 Å². The Hall–Kier alpha value is -1.30. The molecule has 0 heterocycles. The number of hydrogen-bond acceptors (Lipinski definition) is 2. The van der Waals surface area contributed by atoms with E-state index in [1.165, 1.54) is 6.92 Å². The van der Waals surface area contributed by atoms with Crippen molar-refractivity contribution in [3.8, 4) is 0 Å². The minimum Gasteiger partial charge on any atom is -0.461 e. The van der Waals surface area contributed by atoms with Crippen LogP contribution in [0.4, 0.5) is 48.3 Å². The normalized spacial score (nSPS) is 27.6. The van der Waals surface area contributed by atoms with E-state index in [1.54, 1.807) is 0 Å². The molecule has 1 aliphatic carbocycles. The van der Waals surface area contributed by atoms with Crippen molar-refractivity contribution in [2.75, 3.05) is 6.61 Å². The minimum atomic E-state index is -7.28. The zero-order chi connectivity index (χ0) is 21.2. The molecule has 2 nitrogen and oxygen atoms in total. The van der Waals surface area contributed by atoms with Crippen molar-refractivity contribution in [1.82, 2.24) is 0 Å². The molecule has 0 bridgehead atoms. The summed E-state index contributed by atoms with van der Waals surface area (Å²) < 4.78 is 151. The Kier molecular flexibility index (Phi) is 4.90. The summed E-state index contributed by atoms with van der Waals surface area (Å²) >= 11 is 0. The monoisotopic (exact) mass is 410 g/mol. The molecule has 0 aromatic carbocycles. The highest BCUT2D eigenvalue weighted by Crippen LogP contribution is 2.69. The fourth-order valence-corrected chi connectivity index (χ4v) is 1.97. The predicted octanol–water partition coefficient (Wildman–Crippen LogP) is 4.86. The van der Waals surface area contributed by atoms with Crippen LogP contribution >= 0.6 is 0 Å². The second-order valence-electron chi connectivity index (χ2n) is 6.49. The highest BCUT2D eigenvalue weighted by atomic mass is 19.4. The van der Waals surface area contributed by atoms with E-state index in [0.717, 1.165) is 13.8 Å². The third-order valence-electron chi connectivity index (χ3n) is 4.41. The van der Waals surface area contributed by atoms with Gasteiger partial charge in [0.05, 0.1) is 5.41 Å². The van der Waals surface area contributed by atoms with Gasteiger partial charge in [-0.2, -0.15) is 43.9 Å². The van der Waals surface area contributed by atoms with Gasteiger partial charge in [0.1, 0.15) is 6.61 Å². The molecule has 26 heavy (non-hydrogen) atoms. The summed E-state index contributed by atoms with van der Waals surface area (Å²) in [5, 5.41) is 0. The predicted molar refractivity (Wildman–Crippen MR) is 63.6 cm³/mol. The minimum absolute atomic E-state index is 0.123. The second-order valence-corrected chi connectivity index (χ2v) is 6.49. The van der Waals surface area contributed by atoms with Gasteiger partial charge in [-0.1, -0.05) is 6.92 Å². The first kappa shape index (κ1) is 22.7. The summed E-state index contributed by atoms with van der Waals surface area (Å²) in [6.07, 6.45) is -0.123. The molecular weight excluding hydrogens is 397 g/mol. The third-order valence-corrected chi connectivity index (χ3v) is 4.41. The van der Waals surface area contributed by atoms with E-state index in [4.69, 9.17) is 0 Å². The molecule has 13 heteroatoms. The maximum Gasteiger partial charge on any atom is 0.384 e. The van der Waals surface area contributed by atoms with Crippen molar-refractivity contribution in [2.24, 2.45) is 5.41 Å². The Balaban J connectivity index is 3.50. The van der Waals surface area contributed by atoms with E-state index >= 15 is 0 Å². The first-order valence-electron chi connectivity index (χ1n) is 6.94. The number of rotatable bonds is 4. The van der Waals surface area contributed by atoms with Gasteiger partial charge in [-0.3, -0.25) is 4.79 Å². The summed E-state index contributed by atoms with van der Waals surface area (Å²) in [7, 11) is 0. The van der Waals surface area contributed by atoms with Crippen LogP contribution in [0.5, 0.6) is 0 Å². The van der Waals surface area contributed by atoms with Crippen molar-refractivity contribution in [3.05, 3.63) is 0 Å². The van der Waals surface area contributed by atoms with Crippen LogP contribution in [0.3, 0.4) is 0 Å². The number of hydrogen-bond donors (Lipinski definition) is 0. The molecule has 0 aromatic rings. The van der Waals surface area contributed by atoms with Gasteiger partial charge in [0.25, 0.3) is 5.67 Å². The quantitative estimate of drug-likeness (QED) is 0.489. The van der Waals surface area contributed by atoms with E-state index in [1.807, 2.05) is 0 Å². The molecule has 0 N–H and O–H groups in total. The topological polar surface area (TPSA) is 26.3 Å². The first-order valence-corrected chi connectivity index (χ1v) is 6.94. The lowest BCUT2D eigenvalue weighted by Gasteiger charge is -2.52. The largest absolute Gasteiger partial charge is 0.461 e. The smallest absolute Gasteiger partial charge is 0.384 e. The number of carbonyl (C=O) groups excluding carboxylic acids is 1. The Bertz CT molecular complexity index is 553. The van der Waals surface area contributed by atoms with E-state index < -0.39 is 53.3 Å². The fourth-order valence-electron chi connectivity index (χ4n) is 1.97. The average Bonchev–Trinajstić information content (AvgIpc) is 2.49. The van der Waals surface area contributed by atoms with E-state index in [0.29, 0.717) is 0 Å². The Morgan fingerprint density at radius 3 is 1.35 bits per heavy atom. The summed E-state index contributed by atoms with van der Waals surface area (Å²) in [4.78, 5) is 11.6. The lowest BCUT2D eigenvalue weighted by atomic mass is 9.72. The number of halogens is 11. The van der Waals surface area contributed by atoms with Crippen LogP contribution in [0, 0.1) is 5.41 Å². The zero-order valence-electron chi connectivity index (χ0n) is 13.4. The van der Waals surface area contributed by atoms with E-state index in [2.05, 4.69) is 4.74 Å². The maximum absolute atomic E-state index is 14.2. The van der Waals surface area contributed by atoms with Gasteiger partial charge >= 0.3 is 35.6 Å². The maximum atomic E-state index is 14.2. The van der Waals surface area contributed by atoms with Crippen LogP contribution in [0.1, 0.15) is 27.2 Å². The van der Waals surface area contributed by atoms with Crippen molar-refractivity contribution in [2.45, 2.75) is 62.5 Å². The van der Waals surface area contributed by atoms with Gasteiger partial charge in [0.2, 0.25) is 0 Å². The molecule has 0 aliphatic heterocycles. The van der Waals surface area contributed by atoms with Gasteiger partial charge in [-0.15, -0.1) is 0 Å². The molecule has 0 unspecified atom stereocenters. The second kappa shape index (κ2) is 5.60. The number of ether oxygens (including phenoxy) is 1. The highest BCUT2D eigenvalue weighted by Gasteiger charge is 3.01. The van der Waals surface area contributed by atoms with E-state index in [9.17, 15) is 53.1 Å². The molecule has 1 saturated carbocycles.